The predicted molar refractivity (Wildman–Crippen MR) is 90.0 cm³/mol. The number of nitrogens with one attached hydrogen (secondary N) is 1. The molecule has 2 rings (SSSR count). The molecule has 0 saturated heterocycles. The van der Waals surface area contributed by atoms with Crippen LogP contribution in [0.3, 0.4) is 0 Å². The largest absolute Gasteiger partial charge is 0.366 e. The third-order valence-electron chi connectivity index (χ3n) is 3.51. The van der Waals surface area contributed by atoms with Gasteiger partial charge in [-0.15, -0.1) is 11.3 Å². The average Bonchev–Trinajstić information content (AvgIpc) is 2.98. The molecule has 1 N–H and O–H groups in total. The van der Waals surface area contributed by atoms with Crippen LogP contribution in [0, 0.1) is 0 Å². The van der Waals surface area contributed by atoms with Crippen LogP contribution in [0.4, 0.5) is 5.69 Å². The number of hydrogen-bond acceptors (Lipinski definition) is 3. The van der Waals surface area contributed by atoms with Crippen LogP contribution in [0.5, 0.6) is 0 Å². The molecule has 0 saturated carbocycles. The van der Waals surface area contributed by atoms with E-state index in [1.807, 2.05) is 0 Å². The molecule has 1 aromatic heterocycles. The molecule has 2 nitrogen and oxygen atoms in total. The smallest absolute Gasteiger partial charge is 0.0642 e. The normalized spacial score (nSPS) is 12.4. The third kappa shape index (κ3) is 3.54. The van der Waals surface area contributed by atoms with Gasteiger partial charge in [0.05, 0.1) is 16.8 Å². The lowest BCUT2D eigenvalue weighted by atomic mass is 10.1. The zero-order valence-corrected chi connectivity index (χ0v) is 13.8. The van der Waals surface area contributed by atoms with Crippen LogP contribution in [0.2, 0.25) is 5.02 Å². The molecule has 0 aliphatic carbocycles. The van der Waals surface area contributed by atoms with Gasteiger partial charge in [0.2, 0.25) is 0 Å². The Balaban J connectivity index is 2.15. The summed E-state index contributed by atoms with van der Waals surface area (Å²) >= 11 is 8.22. The summed E-state index contributed by atoms with van der Waals surface area (Å²) in [5, 5.41) is 6.24. The number of halogens is 1. The van der Waals surface area contributed by atoms with Crippen molar-refractivity contribution in [2.75, 3.05) is 18.5 Å². The Bertz CT molecular complexity index is 539. The average molecular weight is 309 g/mol. The van der Waals surface area contributed by atoms with Gasteiger partial charge in [0.25, 0.3) is 0 Å². The molecule has 2 aromatic rings. The van der Waals surface area contributed by atoms with Gasteiger partial charge in [-0.25, -0.2) is 0 Å². The molecule has 0 fully saturated rings. The molecule has 1 unspecified atom stereocenters. The monoisotopic (exact) mass is 308 g/mol. The van der Waals surface area contributed by atoms with Gasteiger partial charge in [-0.2, -0.15) is 0 Å². The van der Waals surface area contributed by atoms with E-state index in [-0.39, 0.29) is 0 Å². The van der Waals surface area contributed by atoms with Gasteiger partial charge in [-0.05, 0) is 42.6 Å². The van der Waals surface area contributed by atoms with Gasteiger partial charge in [-0.1, -0.05) is 30.7 Å². The molecule has 1 aromatic carbocycles. The number of nitrogens with zero attached hydrogens (tertiary/aromatic N) is 1. The molecule has 1 heterocycles. The Hall–Kier alpha value is -1.03. The van der Waals surface area contributed by atoms with E-state index >= 15 is 0 Å². The number of thiophene rings is 1. The fraction of sp³-hybridized carbons (Fsp3) is 0.375. The van der Waals surface area contributed by atoms with Crippen LogP contribution >= 0.6 is 22.9 Å². The number of hydrogen-bond donors (Lipinski definition) is 1. The standard InChI is InChI=1S/C16H21ClN2S/c1-4-18-11-13-7-8-15(14(17)10-13)19(3)12(2)16-6-5-9-20-16/h5-10,12,18H,4,11H2,1-3H3. The summed E-state index contributed by atoms with van der Waals surface area (Å²) in [6, 6.07) is 10.9. The first-order chi connectivity index (χ1) is 9.63. The minimum atomic E-state index is 0.326. The first-order valence-corrected chi connectivity index (χ1v) is 8.14. The van der Waals surface area contributed by atoms with Gasteiger partial charge in [0.1, 0.15) is 0 Å². The van der Waals surface area contributed by atoms with Crippen molar-refractivity contribution in [2.45, 2.75) is 26.4 Å². The van der Waals surface area contributed by atoms with Crippen molar-refractivity contribution in [3.63, 3.8) is 0 Å². The van der Waals surface area contributed by atoms with E-state index in [0.29, 0.717) is 6.04 Å². The molecule has 0 radical (unpaired) electrons. The van der Waals surface area contributed by atoms with E-state index in [1.54, 1.807) is 11.3 Å². The summed E-state index contributed by atoms with van der Waals surface area (Å²) < 4.78 is 0. The minimum Gasteiger partial charge on any atom is -0.366 e. The van der Waals surface area contributed by atoms with Gasteiger partial charge >= 0.3 is 0 Å². The summed E-state index contributed by atoms with van der Waals surface area (Å²) in [4.78, 5) is 3.57. The highest BCUT2D eigenvalue weighted by Crippen LogP contribution is 2.33. The maximum Gasteiger partial charge on any atom is 0.0642 e. The van der Waals surface area contributed by atoms with Crippen LogP contribution in [-0.4, -0.2) is 13.6 Å². The first kappa shape index (κ1) is 15.4. The topological polar surface area (TPSA) is 15.3 Å². The molecule has 4 heteroatoms. The lowest BCUT2D eigenvalue weighted by molar-refractivity contribution is 0.725. The summed E-state index contributed by atoms with van der Waals surface area (Å²) in [6.07, 6.45) is 0. The maximum atomic E-state index is 6.44. The summed E-state index contributed by atoms with van der Waals surface area (Å²) in [6.45, 7) is 6.14. The molecule has 1 atom stereocenters. The van der Waals surface area contributed by atoms with Gasteiger partial charge in [0.15, 0.2) is 0 Å². The molecule has 0 amide bonds. The molecular formula is C16H21ClN2S. The second kappa shape index (κ2) is 7.11. The van der Waals surface area contributed by atoms with E-state index in [1.165, 1.54) is 10.4 Å². The minimum absolute atomic E-state index is 0.326. The van der Waals surface area contributed by atoms with E-state index in [9.17, 15) is 0 Å². The number of anilines is 1. The molecule has 0 aliphatic heterocycles. The maximum absolute atomic E-state index is 6.44. The van der Waals surface area contributed by atoms with E-state index in [4.69, 9.17) is 11.6 Å². The zero-order chi connectivity index (χ0) is 14.5. The zero-order valence-electron chi connectivity index (χ0n) is 12.2. The van der Waals surface area contributed by atoms with Crippen molar-refractivity contribution in [1.29, 1.82) is 0 Å². The van der Waals surface area contributed by atoms with Gasteiger partial charge in [0, 0.05) is 18.5 Å². The van der Waals surface area contributed by atoms with Crippen molar-refractivity contribution in [3.8, 4) is 0 Å². The molecule has 0 bridgehead atoms. The molecule has 0 aliphatic rings. The highest BCUT2D eigenvalue weighted by Gasteiger charge is 2.15. The fourth-order valence-corrected chi connectivity index (χ4v) is 3.31. The third-order valence-corrected chi connectivity index (χ3v) is 4.85. The fourth-order valence-electron chi connectivity index (χ4n) is 2.14. The van der Waals surface area contributed by atoms with E-state index in [0.717, 1.165) is 23.8 Å². The lowest BCUT2D eigenvalue weighted by Crippen LogP contribution is -2.21. The first-order valence-electron chi connectivity index (χ1n) is 6.88. The Labute approximate surface area is 130 Å². The Kier molecular flexibility index (Phi) is 5.46. The molecule has 20 heavy (non-hydrogen) atoms. The number of benzene rings is 1. The predicted octanol–water partition coefficient (Wildman–Crippen LogP) is 4.71. The van der Waals surface area contributed by atoms with Crippen LogP contribution in [-0.2, 0) is 6.54 Å². The lowest BCUT2D eigenvalue weighted by Gasteiger charge is -2.27. The SMILES string of the molecule is CCNCc1ccc(N(C)C(C)c2cccs2)c(Cl)c1. The molecule has 0 spiro atoms. The van der Waals surface area contributed by atoms with Crippen LogP contribution < -0.4 is 10.2 Å². The molecule has 108 valence electrons. The Morgan fingerprint density at radius 2 is 2.15 bits per heavy atom. The summed E-state index contributed by atoms with van der Waals surface area (Å²) in [5.41, 5.74) is 2.30. The highest BCUT2D eigenvalue weighted by atomic mass is 35.5. The number of rotatable bonds is 6. The van der Waals surface area contributed by atoms with Crippen molar-refractivity contribution in [3.05, 3.63) is 51.2 Å². The second-order valence-electron chi connectivity index (χ2n) is 4.87. The van der Waals surface area contributed by atoms with Crippen molar-refractivity contribution >= 4 is 28.6 Å². The van der Waals surface area contributed by atoms with Crippen LogP contribution in [0.15, 0.2) is 35.7 Å². The molecular weight excluding hydrogens is 288 g/mol. The summed E-state index contributed by atoms with van der Waals surface area (Å²) in [7, 11) is 2.09. The van der Waals surface area contributed by atoms with Gasteiger partial charge in [-0.3, -0.25) is 0 Å². The highest BCUT2D eigenvalue weighted by molar-refractivity contribution is 7.10. The second-order valence-corrected chi connectivity index (χ2v) is 6.25. The van der Waals surface area contributed by atoms with Gasteiger partial charge < -0.3 is 10.2 Å². The Morgan fingerprint density at radius 3 is 2.75 bits per heavy atom. The van der Waals surface area contributed by atoms with Crippen molar-refractivity contribution in [1.82, 2.24) is 5.32 Å². The summed E-state index contributed by atoms with van der Waals surface area (Å²) in [5.74, 6) is 0. The van der Waals surface area contributed by atoms with Crippen molar-refractivity contribution in [2.24, 2.45) is 0 Å². The van der Waals surface area contributed by atoms with Crippen LogP contribution in [0.1, 0.15) is 30.3 Å². The van der Waals surface area contributed by atoms with E-state index in [2.05, 4.69) is 66.8 Å². The Morgan fingerprint density at radius 1 is 1.35 bits per heavy atom. The van der Waals surface area contributed by atoms with Crippen molar-refractivity contribution < 1.29 is 0 Å². The van der Waals surface area contributed by atoms with Crippen LogP contribution in [0.25, 0.3) is 0 Å². The van der Waals surface area contributed by atoms with E-state index < -0.39 is 0 Å². The quantitative estimate of drug-likeness (QED) is 0.831.